The molecule has 2 rings (SSSR count). The van der Waals surface area contributed by atoms with Gasteiger partial charge in [0.05, 0.1) is 12.8 Å². The number of ether oxygens (including phenoxy) is 1. The maximum absolute atomic E-state index is 13.5. The van der Waals surface area contributed by atoms with Crippen molar-refractivity contribution in [2.75, 3.05) is 0 Å². The van der Waals surface area contributed by atoms with Crippen molar-refractivity contribution in [3.05, 3.63) is 47.8 Å². The standard InChI is InChI=1S/C14H15FN2O2/c1-9(2)14-16-7-13(11(8-18)17-14)19-12-6-4-3-5-10(12)15/h3-7,9,18H,8H2,1-2H3. The smallest absolute Gasteiger partial charge is 0.169 e. The largest absolute Gasteiger partial charge is 0.451 e. The number of aliphatic hydroxyl groups is 1. The average Bonchev–Trinajstić information content (AvgIpc) is 2.41. The summed E-state index contributed by atoms with van der Waals surface area (Å²) in [6, 6.07) is 6.05. The number of aromatic nitrogens is 2. The van der Waals surface area contributed by atoms with Crippen LogP contribution in [-0.2, 0) is 6.61 Å². The molecule has 0 atom stereocenters. The van der Waals surface area contributed by atoms with Crippen LogP contribution >= 0.6 is 0 Å². The Morgan fingerprint density at radius 2 is 2.00 bits per heavy atom. The normalized spacial score (nSPS) is 10.8. The highest BCUT2D eigenvalue weighted by Gasteiger charge is 2.12. The second kappa shape index (κ2) is 5.75. The van der Waals surface area contributed by atoms with Crippen LogP contribution in [0.2, 0.25) is 0 Å². The number of hydrogen-bond donors (Lipinski definition) is 1. The van der Waals surface area contributed by atoms with E-state index in [1.54, 1.807) is 12.1 Å². The Balaban J connectivity index is 2.33. The van der Waals surface area contributed by atoms with Gasteiger partial charge in [-0.25, -0.2) is 14.4 Å². The van der Waals surface area contributed by atoms with Gasteiger partial charge >= 0.3 is 0 Å². The van der Waals surface area contributed by atoms with Crippen molar-refractivity contribution >= 4 is 0 Å². The quantitative estimate of drug-likeness (QED) is 0.920. The second-order valence-electron chi connectivity index (χ2n) is 4.38. The predicted molar refractivity (Wildman–Crippen MR) is 68.5 cm³/mol. The molecule has 2 aromatic rings. The zero-order chi connectivity index (χ0) is 13.8. The summed E-state index contributed by atoms with van der Waals surface area (Å²) < 4.78 is 18.9. The number of rotatable bonds is 4. The van der Waals surface area contributed by atoms with E-state index in [9.17, 15) is 9.50 Å². The maximum Gasteiger partial charge on any atom is 0.169 e. The van der Waals surface area contributed by atoms with Crippen LogP contribution in [0.25, 0.3) is 0 Å². The van der Waals surface area contributed by atoms with E-state index < -0.39 is 5.82 Å². The van der Waals surface area contributed by atoms with Crippen LogP contribution in [0.3, 0.4) is 0 Å². The van der Waals surface area contributed by atoms with E-state index in [1.165, 1.54) is 18.3 Å². The molecule has 4 nitrogen and oxygen atoms in total. The molecule has 0 saturated carbocycles. The summed E-state index contributed by atoms with van der Waals surface area (Å²) in [5, 5.41) is 9.31. The molecule has 1 heterocycles. The summed E-state index contributed by atoms with van der Waals surface area (Å²) in [5.74, 6) is 0.632. The Morgan fingerprint density at radius 3 is 2.63 bits per heavy atom. The van der Waals surface area contributed by atoms with E-state index >= 15 is 0 Å². The van der Waals surface area contributed by atoms with Gasteiger partial charge < -0.3 is 9.84 Å². The monoisotopic (exact) mass is 262 g/mol. The van der Waals surface area contributed by atoms with Crippen molar-refractivity contribution < 1.29 is 14.2 Å². The molecule has 19 heavy (non-hydrogen) atoms. The van der Waals surface area contributed by atoms with Crippen LogP contribution in [0, 0.1) is 5.82 Å². The molecule has 1 aromatic heterocycles. The summed E-state index contributed by atoms with van der Waals surface area (Å²) in [6.45, 7) is 3.62. The zero-order valence-electron chi connectivity index (χ0n) is 10.8. The van der Waals surface area contributed by atoms with Gasteiger partial charge in [0, 0.05) is 5.92 Å². The first-order valence-corrected chi connectivity index (χ1v) is 6.01. The van der Waals surface area contributed by atoms with E-state index in [0.29, 0.717) is 11.5 Å². The maximum atomic E-state index is 13.5. The van der Waals surface area contributed by atoms with Gasteiger partial charge in [-0.1, -0.05) is 26.0 Å². The first-order valence-electron chi connectivity index (χ1n) is 6.01. The van der Waals surface area contributed by atoms with Gasteiger partial charge in [0.25, 0.3) is 0 Å². The zero-order valence-corrected chi connectivity index (χ0v) is 10.8. The number of halogens is 1. The Morgan fingerprint density at radius 1 is 1.26 bits per heavy atom. The summed E-state index contributed by atoms with van der Waals surface area (Å²) in [7, 11) is 0. The predicted octanol–water partition coefficient (Wildman–Crippen LogP) is 3.02. The first-order chi connectivity index (χ1) is 9.11. The third-order valence-electron chi connectivity index (χ3n) is 2.57. The molecule has 0 bridgehead atoms. The fraction of sp³-hybridized carbons (Fsp3) is 0.286. The highest BCUT2D eigenvalue weighted by atomic mass is 19.1. The van der Waals surface area contributed by atoms with Crippen LogP contribution in [0.4, 0.5) is 4.39 Å². The van der Waals surface area contributed by atoms with Gasteiger partial charge in [0.15, 0.2) is 17.3 Å². The number of para-hydroxylation sites is 1. The van der Waals surface area contributed by atoms with Crippen molar-refractivity contribution in [3.8, 4) is 11.5 Å². The highest BCUT2D eigenvalue weighted by molar-refractivity contribution is 5.33. The van der Waals surface area contributed by atoms with E-state index in [0.717, 1.165) is 0 Å². The Kier molecular flexibility index (Phi) is 4.06. The topological polar surface area (TPSA) is 55.2 Å². The molecule has 0 aliphatic carbocycles. The van der Waals surface area contributed by atoms with Crippen molar-refractivity contribution in [3.63, 3.8) is 0 Å². The number of benzene rings is 1. The Bertz CT molecular complexity index is 573. The molecule has 0 spiro atoms. The molecular weight excluding hydrogens is 247 g/mol. The number of aliphatic hydroxyl groups excluding tert-OH is 1. The first kappa shape index (κ1) is 13.4. The lowest BCUT2D eigenvalue weighted by molar-refractivity contribution is 0.269. The minimum atomic E-state index is -0.473. The van der Waals surface area contributed by atoms with Gasteiger partial charge in [-0.15, -0.1) is 0 Å². The molecule has 0 amide bonds. The van der Waals surface area contributed by atoms with Crippen LogP contribution in [-0.4, -0.2) is 15.1 Å². The molecule has 0 radical (unpaired) electrons. The molecule has 5 heteroatoms. The Labute approximate surface area is 110 Å². The van der Waals surface area contributed by atoms with Gasteiger partial charge in [0.1, 0.15) is 11.5 Å². The summed E-state index contributed by atoms with van der Waals surface area (Å²) >= 11 is 0. The molecule has 0 saturated heterocycles. The molecule has 1 aromatic carbocycles. The van der Waals surface area contributed by atoms with Crippen molar-refractivity contribution in [2.24, 2.45) is 0 Å². The molecule has 0 unspecified atom stereocenters. The molecule has 100 valence electrons. The van der Waals surface area contributed by atoms with Gasteiger partial charge in [-0.3, -0.25) is 0 Å². The minimum absolute atomic E-state index is 0.0816. The van der Waals surface area contributed by atoms with Crippen LogP contribution in [0.5, 0.6) is 11.5 Å². The highest BCUT2D eigenvalue weighted by Crippen LogP contribution is 2.26. The third kappa shape index (κ3) is 3.06. The molecule has 1 N–H and O–H groups in total. The summed E-state index contributed by atoms with van der Waals surface area (Å²) in [4.78, 5) is 8.35. The van der Waals surface area contributed by atoms with Crippen LogP contribution < -0.4 is 4.74 Å². The molecular formula is C14H15FN2O2. The minimum Gasteiger partial charge on any atom is -0.451 e. The van der Waals surface area contributed by atoms with Crippen molar-refractivity contribution in [1.29, 1.82) is 0 Å². The lowest BCUT2D eigenvalue weighted by Crippen LogP contribution is -2.04. The third-order valence-corrected chi connectivity index (χ3v) is 2.57. The van der Waals surface area contributed by atoms with E-state index in [-0.39, 0.29) is 24.0 Å². The Hall–Kier alpha value is -2.01. The number of nitrogens with zero attached hydrogens (tertiary/aromatic N) is 2. The fourth-order valence-electron chi connectivity index (χ4n) is 1.54. The van der Waals surface area contributed by atoms with E-state index in [4.69, 9.17) is 4.74 Å². The molecule has 0 fully saturated rings. The van der Waals surface area contributed by atoms with Gasteiger partial charge in [0.2, 0.25) is 0 Å². The SMILES string of the molecule is CC(C)c1ncc(Oc2ccccc2F)c(CO)n1. The fourth-order valence-corrected chi connectivity index (χ4v) is 1.54. The summed E-state index contributed by atoms with van der Waals surface area (Å²) in [6.07, 6.45) is 1.46. The number of hydrogen-bond acceptors (Lipinski definition) is 4. The van der Waals surface area contributed by atoms with E-state index in [1.807, 2.05) is 13.8 Å². The van der Waals surface area contributed by atoms with Crippen LogP contribution in [0.15, 0.2) is 30.5 Å². The van der Waals surface area contributed by atoms with Crippen LogP contribution in [0.1, 0.15) is 31.3 Å². The van der Waals surface area contributed by atoms with Gasteiger partial charge in [-0.05, 0) is 12.1 Å². The molecule has 0 aliphatic rings. The average molecular weight is 262 g/mol. The van der Waals surface area contributed by atoms with Gasteiger partial charge in [-0.2, -0.15) is 0 Å². The van der Waals surface area contributed by atoms with Crippen molar-refractivity contribution in [2.45, 2.75) is 26.4 Å². The van der Waals surface area contributed by atoms with E-state index in [2.05, 4.69) is 9.97 Å². The second-order valence-corrected chi connectivity index (χ2v) is 4.38. The van der Waals surface area contributed by atoms with Crippen molar-refractivity contribution in [1.82, 2.24) is 9.97 Å². The molecule has 0 aliphatic heterocycles. The lowest BCUT2D eigenvalue weighted by atomic mass is 10.2. The summed E-state index contributed by atoms with van der Waals surface area (Å²) in [5.41, 5.74) is 0.349. The lowest BCUT2D eigenvalue weighted by Gasteiger charge is -2.11.